The van der Waals surface area contributed by atoms with Crippen LogP contribution in [-0.2, 0) is 6.42 Å². The molecule has 0 N–H and O–H groups in total. The minimum atomic E-state index is 0.705. The third kappa shape index (κ3) is 4.05. The van der Waals surface area contributed by atoms with Crippen LogP contribution in [0.1, 0.15) is 37.3 Å². The quantitative estimate of drug-likeness (QED) is 0.536. The van der Waals surface area contributed by atoms with Crippen molar-refractivity contribution in [3.63, 3.8) is 0 Å². The molecule has 2 aromatic carbocycles. The fourth-order valence-electron chi connectivity index (χ4n) is 3.83. The third-order valence-corrected chi connectivity index (χ3v) is 6.17. The van der Waals surface area contributed by atoms with E-state index in [0.717, 1.165) is 52.5 Å². The molecule has 1 aliphatic carbocycles. The molecule has 0 fully saturated rings. The molecule has 0 bridgehead atoms. The lowest BCUT2D eigenvalue weighted by Gasteiger charge is -2.13. The molecule has 1 heterocycles. The normalized spacial score (nSPS) is 15.7. The van der Waals surface area contributed by atoms with Crippen molar-refractivity contribution < 1.29 is 9.47 Å². The zero-order valence-electron chi connectivity index (χ0n) is 17.7. The standard InChI is InChI=1S/C24H27N3O2S/c1-4-25-24-27(26-21-12-8-6-10-17-9-5-7-11-19(17)21)22(16-30-24)20-15-18(28-2)13-14-23(20)29-3/h5,7,9,11,13-16H,4,6,8,10,12H2,1-3H3. The van der Waals surface area contributed by atoms with Crippen LogP contribution in [0.2, 0.25) is 0 Å². The van der Waals surface area contributed by atoms with Crippen LogP contribution < -0.4 is 14.3 Å². The molecule has 1 aliphatic rings. The highest BCUT2D eigenvalue weighted by Crippen LogP contribution is 2.34. The van der Waals surface area contributed by atoms with E-state index in [2.05, 4.69) is 29.6 Å². The highest BCUT2D eigenvalue weighted by molar-refractivity contribution is 7.07. The van der Waals surface area contributed by atoms with E-state index < -0.39 is 0 Å². The van der Waals surface area contributed by atoms with Crippen molar-refractivity contribution in [2.24, 2.45) is 10.1 Å². The first-order valence-electron chi connectivity index (χ1n) is 10.3. The number of ether oxygens (including phenoxy) is 2. The van der Waals surface area contributed by atoms with Crippen LogP contribution >= 0.6 is 11.3 Å². The number of benzene rings is 2. The Hall–Kier alpha value is -2.86. The van der Waals surface area contributed by atoms with Gasteiger partial charge in [0.1, 0.15) is 11.5 Å². The fourth-order valence-corrected chi connectivity index (χ4v) is 4.71. The van der Waals surface area contributed by atoms with Crippen molar-refractivity contribution in [1.82, 2.24) is 4.68 Å². The van der Waals surface area contributed by atoms with Crippen molar-refractivity contribution >= 4 is 17.0 Å². The van der Waals surface area contributed by atoms with Gasteiger partial charge in [-0.05, 0) is 56.4 Å². The van der Waals surface area contributed by atoms with Gasteiger partial charge in [0.25, 0.3) is 0 Å². The minimum absolute atomic E-state index is 0.705. The first kappa shape index (κ1) is 20.4. The van der Waals surface area contributed by atoms with Crippen LogP contribution in [0.4, 0.5) is 0 Å². The Labute approximate surface area is 181 Å². The lowest BCUT2D eigenvalue weighted by atomic mass is 10.0. The predicted molar refractivity (Wildman–Crippen MR) is 123 cm³/mol. The van der Waals surface area contributed by atoms with E-state index in [0.29, 0.717) is 6.54 Å². The number of rotatable bonds is 5. The molecule has 0 radical (unpaired) electrons. The van der Waals surface area contributed by atoms with Crippen LogP contribution in [0, 0.1) is 0 Å². The largest absolute Gasteiger partial charge is 0.497 e. The van der Waals surface area contributed by atoms with Crippen LogP contribution in [0.3, 0.4) is 0 Å². The van der Waals surface area contributed by atoms with Crippen LogP contribution in [0.15, 0.2) is 57.9 Å². The molecule has 0 saturated carbocycles. The molecule has 1 aromatic heterocycles. The summed E-state index contributed by atoms with van der Waals surface area (Å²) in [7, 11) is 3.36. The number of methoxy groups -OCH3 is 2. The molecule has 0 amide bonds. The number of hydrogen-bond acceptors (Lipinski definition) is 5. The van der Waals surface area contributed by atoms with E-state index >= 15 is 0 Å². The van der Waals surface area contributed by atoms with Gasteiger partial charge in [0.15, 0.2) is 0 Å². The highest BCUT2D eigenvalue weighted by Gasteiger charge is 2.17. The summed E-state index contributed by atoms with van der Waals surface area (Å²) in [4.78, 5) is 5.58. The van der Waals surface area contributed by atoms with Gasteiger partial charge in [0.2, 0.25) is 4.80 Å². The van der Waals surface area contributed by atoms with Gasteiger partial charge in [0, 0.05) is 23.1 Å². The molecule has 30 heavy (non-hydrogen) atoms. The molecule has 3 aromatic rings. The van der Waals surface area contributed by atoms with Crippen molar-refractivity contribution in [2.45, 2.75) is 32.6 Å². The summed E-state index contributed by atoms with van der Waals surface area (Å²) in [5.41, 5.74) is 5.63. The Morgan fingerprint density at radius 3 is 2.63 bits per heavy atom. The molecule has 4 rings (SSSR count). The molecule has 0 unspecified atom stereocenters. The number of aromatic nitrogens is 1. The van der Waals surface area contributed by atoms with Gasteiger partial charge in [-0.2, -0.15) is 5.10 Å². The topological polar surface area (TPSA) is 48.1 Å². The van der Waals surface area contributed by atoms with E-state index in [-0.39, 0.29) is 0 Å². The second-order valence-electron chi connectivity index (χ2n) is 7.17. The van der Waals surface area contributed by atoms with E-state index in [9.17, 15) is 0 Å². The molecule has 5 nitrogen and oxygen atoms in total. The van der Waals surface area contributed by atoms with Crippen molar-refractivity contribution in [2.75, 3.05) is 20.8 Å². The van der Waals surface area contributed by atoms with Crippen molar-refractivity contribution in [1.29, 1.82) is 0 Å². The number of aryl methyl sites for hydroxylation is 1. The van der Waals surface area contributed by atoms with Gasteiger partial charge >= 0.3 is 0 Å². The Morgan fingerprint density at radius 2 is 1.83 bits per heavy atom. The lowest BCUT2D eigenvalue weighted by Crippen LogP contribution is -2.16. The highest BCUT2D eigenvalue weighted by atomic mass is 32.1. The summed E-state index contributed by atoms with van der Waals surface area (Å²) in [6, 6.07) is 14.5. The summed E-state index contributed by atoms with van der Waals surface area (Å²) in [6.07, 6.45) is 4.38. The minimum Gasteiger partial charge on any atom is -0.497 e. The van der Waals surface area contributed by atoms with Gasteiger partial charge < -0.3 is 9.47 Å². The number of nitrogens with zero attached hydrogens (tertiary/aromatic N) is 3. The second kappa shape index (κ2) is 9.30. The molecular formula is C24H27N3O2S. The molecule has 0 spiro atoms. The monoisotopic (exact) mass is 421 g/mol. The van der Waals surface area contributed by atoms with Crippen molar-refractivity contribution in [3.05, 3.63) is 63.8 Å². The first-order valence-corrected chi connectivity index (χ1v) is 11.2. The molecule has 156 valence electrons. The molecular weight excluding hydrogens is 394 g/mol. The van der Waals surface area contributed by atoms with E-state index in [1.54, 1.807) is 25.6 Å². The lowest BCUT2D eigenvalue weighted by molar-refractivity contribution is 0.404. The smallest absolute Gasteiger partial charge is 0.206 e. The number of hydrogen-bond donors (Lipinski definition) is 0. The zero-order valence-corrected chi connectivity index (χ0v) is 18.5. The Bertz CT molecular complexity index is 1130. The fraction of sp³-hybridized carbons (Fsp3) is 0.333. The molecule has 0 saturated heterocycles. The average molecular weight is 422 g/mol. The van der Waals surface area contributed by atoms with Crippen LogP contribution in [-0.4, -0.2) is 31.2 Å². The summed E-state index contributed by atoms with van der Waals surface area (Å²) in [5.74, 6) is 1.57. The molecule has 6 heteroatoms. The summed E-state index contributed by atoms with van der Waals surface area (Å²) in [5, 5.41) is 7.25. The zero-order chi connectivity index (χ0) is 20.9. The van der Waals surface area contributed by atoms with Crippen molar-refractivity contribution in [3.8, 4) is 22.8 Å². The SMILES string of the molecule is CCN=c1scc(-c2cc(OC)ccc2OC)n1N=C1CCCCc2ccccc21. The predicted octanol–water partition coefficient (Wildman–Crippen LogP) is 5.13. The van der Waals surface area contributed by atoms with E-state index in [1.807, 2.05) is 29.8 Å². The van der Waals surface area contributed by atoms with Crippen LogP contribution in [0.5, 0.6) is 11.5 Å². The van der Waals surface area contributed by atoms with Gasteiger partial charge in [-0.1, -0.05) is 24.3 Å². The Kier molecular flexibility index (Phi) is 6.33. The summed E-state index contributed by atoms with van der Waals surface area (Å²) < 4.78 is 13.1. The molecule has 0 aliphatic heterocycles. The summed E-state index contributed by atoms with van der Waals surface area (Å²) in [6.45, 7) is 2.75. The van der Waals surface area contributed by atoms with Gasteiger partial charge in [0.05, 0.1) is 25.6 Å². The van der Waals surface area contributed by atoms with E-state index in [4.69, 9.17) is 19.6 Å². The Balaban J connectivity index is 1.93. The maximum Gasteiger partial charge on any atom is 0.206 e. The van der Waals surface area contributed by atoms with Crippen LogP contribution in [0.25, 0.3) is 11.3 Å². The Morgan fingerprint density at radius 1 is 1.00 bits per heavy atom. The second-order valence-corrected chi connectivity index (χ2v) is 8.00. The number of fused-ring (bicyclic) bond motifs is 1. The first-order chi connectivity index (χ1) is 14.7. The van der Waals surface area contributed by atoms with E-state index in [1.165, 1.54) is 17.5 Å². The summed E-state index contributed by atoms with van der Waals surface area (Å²) >= 11 is 1.60. The molecule has 0 atom stereocenters. The average Bonchev–Trinajstić information content (AvgIpc) is 3.05. The van der Waals surface area contributed by atoms with Gasteiger partial charge in [-0.15, -0.1) is 11.3 Å². The van der Waals surface area contributed by atoms with Gasteiger partial charge in [-0.3, -0.25) is 4.99 Å². The maximum atomic E-state index is 5.65. The van der Waals surface area contributed by atoms with Gasteiger partial charge in [-0.25, -0.2) is 4.68 Å². The third-order valence-electron chi connectivity index (χ3n) is 5.32. The maximum absolute atomic E-state index is 5.65. The number of thiazole rings is 1.